The molecule has 0 unspecified atom stereocenters. The van der Waals surface area contributed by atoms with Gasteiger partial charge < -0.3 is 29.1 Å². The van der Waals surface area contributed by atoms with Gasteiger partial charge in [-0.2, -0.15) is 15.3 Å². The molecule has 6 heterocycles. The number of amides is 3. The second-order valence-electron chi connectivity index (χ2n) is 15.2. The summed E-state index contributed by atoms with van der Waals surface area (Å²) in [6.45, 7) is 13.6. The molecule has 0 atom stereocenters. The summed E-state index contributed by atoms with van der Waals surface area (Å²) in [5.41, 5.74) is 10.8. The molecule has 1 fully saturated rings. The standard InChI is InChI=1S/C43H51N15O6/c1-6-57-32(19-26(3)52-57)40(60)49-42-47-30-21-28(38(44)59)23-34(62-5)36(30)55(42)12-8-9-13-56-37-31(48-43(56)50-41(61)33-20-27(4)53-58(33)7-2)22-29(39-45-25-46-51-39)24-35(37)64-16-10-11-54-14-17-63-18-15-54/h8-9,19-24H,6-7,10-18,25H2,1-5H3,(H2,44,59)(H,47,49,60)(H,48,50,61)/b9-8+. The van der Waals surface area contributed by atoms with Crippen LogP contribution in [-0.4, -0.2) is 120 Å². The molecule has 21 nitrogen and oxygen atoms in total. The van der Waals surface area contributed by atoms with E-state index in [1.165, 1.54) is 7.11 Å². The van der Waals surface area contributed by atoms with Crippen molar-refractivity contribution < 1.29 is 28.6 Å². The minimum atomic E-state index is -0.652. The third-order valence-corrected chi connectivity index (χ3v) is 10.9. The molecule has 21 heteroatoms. The quantitative estimate of drug-likeness (QED) is 0.0798. The van der Waals surface area contributed by atoms with Crippen LogP contribution >= 0.6 is 0 Å². The summed E-state index contributed by atoms with van der Waals surface area (Å²) in [7, 11) is 1.48. The van der Waals surface area contributed by atoms with Gasteiger partial charge in [-0.05, 0) is 70.5 Å². The second kappa shape index (κ2) is 19.0. The van der Waals surface area contributed by atoms with Crippen LogP contribution in [0.5, 0.6) is 11.5 Å². The molecule has 6 aromatic rings. The Bertz CT molecular complexity index is 2820. The van der Waals surface area contributed by atoms with E-state index >= 15 is 0 Å². The Kier molecular flexibility index (Phi) is 12.9. The topological polar surface area (TPSA) is 241 Å². The molecular formula is C43H51N15O6. The maximum atomic E-state index is 13.9. The van der Waals surface area contributed by atoms with Crippen LogP contribution in [0.1, 0.15) is 68.6 Å². The van der Waals surface area contributed by atoms with Gasteiger partial charge >= 0.3 is 0 Å². The largest absolute Gasteiger partial charge is 0.494 e. The number of rotatable bonds is 18. The van der Waals surface area contributed by atoms with Crippen molar-refractivity contribution in [2.45, 2.75) is 60.3 Å². The lowest BCUT2D eigenvalue weighted by molar-refractivity contribution is 0.0358. The number of anilines is 2. The second-order valence-corrected chi connectivity index (χ2v) is 15.2. The van der Waals surface area contributed by atoms with E-state index in [9.17, 15) is 14.4 Å². The van der Waals surface area contributed by atoms with E-state index in [0.717, 1.165) is 26.1 Å². The molecule has 334 valence electrons. The predicted octanol–water partition coefficient (Wildman–Crippen LogP) is 4.58. The van der Waals surface area contributed by atoms with Gasteiger partial charge in [0.1, 0.15) is 33.9 Å². The lowest BCUT2D eigenvalue weighted by Gasteiger charge is -2.26. The SMILES string of the molecule is CCn1nc(C)cc1C(=O)Nc1nc2cc(C(N)=O)cc(OC)c2n1C/C=C/Cn1c(NC(=O)c2cc(C)nn2CC)nc2cc(C3=NCN=N3)cc(OCCCN3CCOCC3)c21. The number of methoxy groups -OCH3 is 1. The third kappa shape index (κ3) is 9.11. The summed E-state index contributed by atoms with van der Waals surface area (Å²) in [6.07, 6.45) is 4.59. The number of hydrogen-bond acceptors (Lipinski definition) is 14. The van der Waals surface area contributed by atoms with Crippen LogP contribution in [-0.2, 0) is 30.9 Å². The summed E-state index contributed by atoms with van der Waals surface area (Å²) < 4.78 is 24.7. The number of carbonyl (C=O) groups is 3. The van der Waals surface area contributed by atoms with Crippen molar-refractivity contribution in [2.24, 2.45) is 21.0 Å². The molecule has 3 amide bonds. The summed E-state index contributed by atoms with van der Waals surface area (Å²) in [5, 5.41) is 23.2. The van der Waals surface area contributed by atoms with Crippen LogP contribution in [0, 0.1) is 13.8 Å². The number of primary amides is 1. The molecule has 0 spiro atoms. The first-order valence-electron chi connectivity index (χ1n) is 21.2. The molecular weight excluding hydrogens is 823 g/mol. The highest BCUT2D eigenvalue weighted by Gasteiger charge is 2.24. The lowest BCUT2D eigenvalue weighted by Crippen LogP contribution is -2.37. The fourth-order valence-electron chi connectivity index (χ4n) is 7.85. The summed E-state index contributed by atoms with van der Waals surface area (Å²) in [6, 6.07) is 10.3. The van der Waals surface area contributed by atoms with Crippen molar-refractivity contribution in [2.75, 3.05) is 63.9 Å². The van der Waals surface area contributed by atoms with E-state index in [1.54, 1.807) is 38.2 Å². The monoisotopic (exact) mass is 873 g/mol. The van der Waals surface area contributed by atoms with Crippen LogP contribution in [0.3, 0.4) is 0 Å². The molecule has 2 aromatic carbocycles. The van der Waals surface area contributed by atoms with Crippen molar-refractivity contribution in [1.29, 1.82) is 0 Å². The molecule has 0 saturated carbocycles. The van der Waals surface area contributed by atoms with Gasteiger partial charge in [-0.15, -0.1) is 5.11 Å². The summed E-state index contributed by atoms with van der Waals surface area (Å²) >= 11 is 0. The van der Waals surface area contributed by atoms with Crippen molar-refractivity contribution >= 4 is 57.5 Å². The van der Waals surface area contributed by atoms with Crippen LogP contribution in [0.2, 0.25) is 0 Å². The fourth-order valence-corrected chi connectivity index (χ4v) is 7.85. The van der Waals surface area contributed by atoms with Crippen molar-refractivity contribution in [3.05, 3.63) is 82.5 Å². The number of fused-ring (bicyclic) bond motifs is 2. The van der Waals surface area contributed by atoms with Gasteiger partial charge in [0, 0.05) is 56.9 Å². The van der Waals surface area contributed by atoms with Crippen molar-refractivity contribution in [3.63, 3.8) is 0 Å². The Hall–Kier alpha value is -7.26. The summed E-state index contributed by atoms with van der Waals surface area (Å²) in [5.74, 6) is 0.389. The molecule has 4 aromatic heterocycles. The van der Waals surface area contributed by atoms with Gasteiger partial charge in [-0.1, -0.05) is 12.2 Å². The average molecular weight is 874 g/mol. The number of imidazole rings is 2. The van der Waals surface area contributed by atoms with Crippen molar-refractivity contribution in [3.8, 4) is 11.5 Å². The molecule has 64 heavy (non-hydrogen) atoms. The Labute approximate surface area is 368 Å². The smallest absolute Gasteiger partial charge is 0.276 e. The maximum absolute atomic E-state index is 13.9. The van der Waals surface area contributed by atoms with Gasteiger partial charge in [-0.25, -0.2) is 15.0 Å². The van der Waals surface area contributed by atoms with Gasteiger partial charge in [0.2, 0.25) is 17.8 Å². The zero-order valence-electron chi connectivity index (χ0n) is 36.5. The predicted molar refractivity (Wildman–Crippen MR) is 238 cm³/mol. The van der Waals surface area contributed by atoms with E-state index < -0.39 is 11.8 Å². The number of nitrogens with zero attached hydrogens (tertiary/aromatic N) is 12. The van der Waals surface area contributed by atoms with E-state index in [0.29, 0.717) is 101 Å². The number of aromatic nitrogens is 8. The number of morpholine rings is 1. The van der Waals surface area contributed by atoms with Gasteiger partial charge in [0.15, 0.2) is 12.5 Å². The van der Waals surface area contributed by atoms with E-state index in [-0.39, 0.29) is 43.1 Å². The number of benzene rings is 2. The number of nitrogens with one attached hydrogen (secondary N) is 2. The highest BCUT2D eigenvalue weighted by atomic mass is 16.5. The molecule has 0 bridgehead atoms. The molecule has 4 N–H and O–H groups in total. The first-order valence-corrected chi connectivity index (χ1v) is 21.2. The zero-order chi connectivity index (χ0) is 44.9. The first kappa shape index (κ1) is 43.4. The molecule has 0 aliphatic carbocycles. The van der Waals surface area contributed by atoms with Crippen LogP contribution < -0.4 is 25.8 Å². The van der Waals surface area contributed by atoms with Gasteiger partial charge in [0.05, 0.1) is 49.4 Å². The minimum absolute atomic E-state index is 0.200. The minimum Gasteiger partial charge on any atom is -0.494 e. The molecule has 2 aliphatic rings. The van der Waals surface area contributed by atoms with Crippen LogP contribution in [0.25, 0.3) is 22.1 Å². The number of azo groups is 1. The van der Waals surface area contributed by atoms with Crippen LogP contribution in [0.4, 0.5) is 11.9 Å². The van der Waals surface area contributed by atoms with E-state index in [2.05, 4.69) is 41.0 Å². The molecule has 8 rings (SSSR count). The number of amidine groups is 1. The van der Waals surface area contributed by atoms with Gasteiger partial charge in [0.25, 0.3) is 11.8 Å². The average Bonchev–Trinajstić information content (AvgIpc) is 4.14. The first-order chi connectivity index (χ1) is 31.0. The van der Waals surface area contributed by atoms with Gasteiger partial charge in [-0.3, -0.25) is 39.3 Å². The fraction of sp³-hybridized carbons (Fsp3) is 0.395. The Balaban J connectivity index is 1.16. The van der Waals surface area contributed by atoms with Crippen LogP contribution in [0.15, 0.2) is 63.8 Å². The number of hydrogen-bond donors (Lipinski definition) is 3. The van der Waals surface area contributed by atoms with E-state index in [1.807, 2.05) is 56.5 Å². The van der Waals surface area contributed by atoms with Crippen molar-refractivity contribution in [1.82, 2.24) is 43.6 Å². The number of aliphatic imine (C=N–C) groups is 1. The summed E-state index contributed by atoms with van der Waals surface area (Å²) in [4.78, 5) is 56.4. The number of ether oxygens (including phenoxy) is 3. The normalized spacial score (nSPS) is 14.2. The maximum Gasteiger partial charge on any atom is 0.276 e. The lowest BCUT2D eigenvalue weighted by atomic mass is 10.1. The third-order valence-electron chi connectivity index (χ3n) is 10.9. The number of nitrogens with two attached hydrogens (primary N) is 1. The Morgan fingerprint density at radius 3 is 1.95 bits per heavy atom. The molecule has 1 saturated heterocycles. The Morgan fingerprint density at radius 2 is 1.41 bits per heavy atom. The van der Waals surface area contributed by atoms with E-state index in [4.69, 9.17) is 29.9 Å². The highest BCUT2D eigenvalue weighted by Crippen LogP contribution is 2.34. The molecule has 2 aliphatic heterocycles. The Morgan fingerprint density at radius 1 is 0.812 bits per heavy atom. The number of allylic oxidation sites excluding steroid dienone is 2. The zero-order valence-corrected chi connectivity index (χ0v) is 36.5. The number of aryl methyl sites for hydroxylation is 4. The highest BCUT2D eigenvalue weighted by molar-refractivity contribution is 6.06. The molecule has 0 radical (unpaired) electrons. The number of carbonyl (C=O) groups excluding carboxylic acids is 3.